The van der Waals surface area contributed by atoms with E-state index < -0.39 is 0 Å². The van der Waals surface area contributed by atoms with Crippen LogP contribution < -0.4 is 11.5 Å². The fourth-order valence-corrected chi connectivity index (χ4v) is 4.08. The lowest BCUT2D eigenvalue weighted by atomic mass is 10.1. The third kappa shape index (κ3) is 4.84. The van der Waals surface area contributed by atoms with Crippen LogP contribution in [0.25, 0.3) is 0 Å². The Labute approximate surface area is 126 Å². The van der Waals surface area contributed by atoms with Crippen molar-refractivity contribution < 1.29 is 0 Å². The van der Waals surface area contributed by atoms with Gasteiger partial charge < -0.3 is 11.5 Å². The first-order chi connectivity index (χ1) is 9.11. The Morgan fingerprint density at radius 3 is 1.68 bits per heavy atom. The Morgan fingerprint density at radius 1 is 0.895 bits per heavy atom. The SMILES string of the molecule is CCCCSc1cc(SCCCC)c(N)c(C)c1N. The lowest BCUT2D eigenvalue weighted by molar-refractivity contribution is 0.895. The van der Waals surface area contributed by atoms with E-state index in [2.05, 4.69) is 19.9 Å². The Bertz CT molecular complexity index is 371. The molecule has 4 N–H and O–H groups in total. The van der Waals surface area contributed by atoms with Gasteiger partial charge in [-0.3, -0.25) is 0 Å². The molecule has 0 fully saturated rings. The number of unbranched alkanes of at least 4 members (excludes halogenated alkanes) is 2. The molecule has 0 saturated carbocycles. The quantitative estimate of drug-likeness (QED) is 0.405. The molecular formula is C15H26N2S2. The molecule has 0 aliphatic carbocycles. The van der Waals surface area contributed by atoms with Gasteiger partial charge in [-0.25, -0.2) is 0 Å². The van der Waals surface area contributed by atoms with Gasteiger partial charge in [0.2, 0.25) is 0 Å². The third-order valence-electron chi connectivity index (χ3n) is 3.11. The molecule has 19 heavy (non-hydrogen) atoms. The van der Waals surface area contributed by atoms with E-state index in [0.29, 0.717) is 0 Å². The zero-order chi connectivity index (χ0) is 14.3. The van der Waals surface area contributed by atoms with Crippen LogP contribution in [0.3, 0.4) is 0 Å². The molecule has 1 rings (SSSR count). The molecule has 0 aromatic heterocycles. The second kappa shape index (κ2) is 8.64. The third-order valence-corrected chi connectivity index (χ3v) is 5.40. The van der Waals surface area contributed by atoms with Gasteiger partial charge >= 0.3 is 0 Å². The Balaban J connectivity index is 2.85. The second-order valence-corrected chi connectivity index (χ2v) is 7.00. The van der Waals surface area contributed by atoms with Crippen molar-refractivity contribution in [1.29, 1.82) is 0 Å². The summed E-state index contributed by atoms with van der Waals surface area (Å²) in [7, 11) is 0. The van der Waals surface area contributed by atoms with Crippen LogP contribution in [0.2, 0.25) is 0 Å². The van der Waals surface area contributed by atoms with Crippen molar-refractivity contribution in [2.24, 2.45) is 0 Å². The molecule has 0 saturated heterocycles. The van der Waals surface area contributed by atoms with Crippen LogP contribution in [0.1, 0.15) is 45.1 Å². The van der Waals surface area contributed by atoms with Crippen molar-refractivity contribution in [2.45, 2.75) is 56.2 Å². The predicted octanol–water partition coefficient (Wildman–Crippen LogP) is 4.94. The average Bonchev–Trinajstić information content (AvgIpc) is 2.41. The molecule has 0 heterocycles. The first-order valence-corrected chi connectivity index (χ1v) is 9.03. The maximum absolute atomic E-state index is 6.18. The summed E-state index contributed by atoms with van der Waals surface area (Å²) in [5, 5.41) is 0. The van der Waals surface area contributed by atoms with Crippen molar-refractivity contribution in [3.05, 3.63) is 11.6 Å². The highest BCUT2D eigenvalue weighted by Gasteiger charge is 2.11. The number of hydrogen-bond acceptors (Lipinski definition) is 4. The zero-order valence-corrected chi connectivity index (χ0v) is 13.9. The van der Waals surface area contributed by atoms with Crippen LogP contribution in [0.15, 0.2) is 15.9 Å². The molecule has 0 atom stereocenters. The Hall–Kier alpha value is -0.480. The van der Waals surface area contributed by atoms with Crippen molar-refractivity contribution in [2.75, 3.05) is 23.0 Å². The lowest BCUT2D eigenvalue weighted by Crippen LogP contribution is -2.01. The van der Waals surface area contributed by atoms with E-state index in [4.69, 9.17) is 11.5 Å². The van der Waals surface area contributed by atoms with Crippen LogP contribution in [-0.2, 0) is 0 Å². The maximum Gasteiger partial charge on any atom is 0.0503 e. The van der Waals surface area contributed by atoms with Gasteiger partial charge in [0.25, 0.3) is 0 Å². The van der Waals surface area contributed by atoms with Crippen LogP contribution >= 0.6 is 23.5 Å². The monoisotopic (exact) mass is 298 g/mol. The number of rotatable bonds is 8. The maximum atomic E-state index is 6.18. The predicted molar refractivity (Wildman–Crippen MR) is 91.3 cm³/mol. The van der Waals surface area contributed by atoms with Crippen molar-refractivity contribution in [3.63, 3.8) is 0 Å². The summed E-state index contributed by atoms with van der Waals surface area (Å²) < 4.78 is 0. The van der Waals surface area contributed by atoms with Gasteiger partial charge in [0.15, 0.2) is 0 Å². The molecule has 1 aromatic rings. The van der Waals surface area contributed by atoms with E-state index in [-0.39, 0.29) is 0 Å². The van der Waals surface area contributed by atoms with E-state index in [1.54, 1.807) is 0 Å². The molecule has 4 heteroatoms. The summed E-state index contributed by atoms with van der Waals surface area (Å²) in [4.78, 5) is 2.39. The molecule has 108 valence electrons. The molecule has 0 aliphatic heterocycles. The van der Waals surface area contributed by atoms with Gasteiger partial charge in [-0.05, 0) is 42.9 Å². The molecule has 1 aromatic carbocycles. The topological polar surface area (TPSA) is 52.0 Å². The van der Waals surface area contributed by atoms with E-state index in [1.807, 2.05) is 30.4 Å². The summed E-state index contributed by atoms with van der Waals surface area (Å²) in [6, 6.07) is 2.18. The van der Waals surface area contributed by atoms with E-state index in [9.17, 15) is 0 Å². The smallest absolute Gasteiger partial charge is 0.0503 e. The van der Waals surface area contributed by atoms with Crippen LogP contribution in [0, 0.1) is 6.92 Å². The highest BCUT2D eigenvalue weighted by Crippen LogP contribution is 2.38. The minimum Gasteiger partial charge on any atom is -0.398 e. The summed E-state index contributed by atoms with van der Waals surface area (Å²) >= 11 is 3.71. The summed E-state index contributed by atoms with van der Waals surface area (Å²) in [6.45, 7) is 6.45. The van der Waals surface area contributed by atoms with Crippen molar-refractivity contribution >= 4 is 34.9 Å². The largest absolute Gasteiger partial charge is 0.398 e. The highest BCUT2D eigenvalue weighted by molar-refractivity contribution is 8.00. The first kappa shape index (κ1) is 16.6. The molecule has 0 amide bonds. The summed E-state index contributed by atoms with van der Waals surface area (Å²) in [5.41, 5.74) is 15.1. The highest BCUT2D eigenvalue weighted by atomic mass is 32.2. The summed E-state index contributed by atoms with van der Waals surface area (Å²) in [6.07, 6.45) is 4.90. The molecule has 0 unspecified atom stereocenters. The average molecular weight is 299 g/mol. The lowest BCUT2D eigenvalue weighted by Gasteiger charge is -2.15. The fourth-order valence-electron chi connectivity index (χ4n) is 1.68. The first-order valence-electron chi connectivity index (χ1n) is 7.05. The number of hydrogen-bond donors (Lipinski definition) is 2. The number of benzene rings is 1. The van der Waals surface area contributed by atoms with E-state index in [0.717, 1.165) is 28.4 Å². The number of anilines is 2. The summed E-state index contributed by atoms with van der Waals surface area (Å²) in [5.74, 6) is 2.26. The fraction of sp³-hybridized carbons (Fsp3) is 0.600. The standard InChI is InChI=1S/C15H26N2S2/c1-4-6-8-18-12-10-13(19-9-7-5-2)15(17)11(3)14(12)16/h10H,4-9,16-17H2,1-3H3. The number of nitrogen functional groups attached to an aromatic ring is 2. The molecule has 0 spiro atoms. The van der Waals surface area contributed by atoms with Gasteiger partial charge in [0.05, 0.1) is 11.4 Å². The number of nitrogens with two attached hydrogens (primary N) is 2. The van der Waals surface area contributed by atoms with Crippen LogP contribution in [0.4, 0.5) is 11.4 Å². The minimum atomic E-state index is 0.860. The molecular weight excluding hydrogens is 272 g/mol. The van der Waals surface area contributed by atoms with Gasteiger partial charge in [-0.1, -0.05) is 26.7 Å². The molecule has 0 bridgehead atoms. The van der Waals surface area contributed by atoms with Crippen LogP contribution in [-0.4, -0.2) is 11.5 Å². The second-order valence-electron chi connectivity index (χ2n) is 4.73. The minimum absolute atomic E-state index is 0.860. The Morgan fingerprint density at radius 2 is 1.32 bits per heavy atom. The van der Waals surface area contributed by atoms with Crippen LogP contribution in [0.5, 0.6) is 0 Å². The number of thioether (sulfide) groups is 2. The van der Waals surface area contributed by atoms with Gasteiger partial charge in [-0.15, -0.1) is 23.5 Å². The molecule has 2 nitrogen and oxygen atoms in total. The van der Waals surface area contributed by atoms with E-state index >= 15 is 0 Å². The normalized spacial score (nSPS) is 10.9. The molecule has 0 aliphatic rings. The molecule has 0 radical (unpaired) electrons. The van der Waals surface area contributed by atoms with Gasteiger partial charge in [-0.2, -0.15) is 0 Å². The van der Waals surface area contributed by atoms with Gasteiger partial charge in [0, 0.05) is 9.79 Å². The van der Waals surface area contributed by atoms with E-state index in [1.165, 1.54) is 35.5 Å². The van der Waals surface area contributed by atoms with Crippen molar-refractivity contribution in [1.82, 2.24) is 0 Å². The van der Waals surface area contributed by atoms with Gasteiger partial charge in [0.1, 0.15) is 0 Å². The van der Waals surface area contributed by atoms with Crippen molar-refractivity contribution in [3.8, 4) is 0 Å². The Kier molecular flexibility index (Phi) is 7.54. The zero-order valence-electron chi connectivity index (χ0n) is 12.3.